The summed E-state index contributed by atoms with van der Waals surface area (Å²) in [7, 11) is -1.11. The molecule has 1 atom stereocenters. The molecule has 0 radical (unpaired) electrons. The molecule has 0 bridgehead atoms. The minimum atomic E-state index is -4.12. The zero-order valence-electron chi connectivity index (χ0n) is 21.5. The number of hydrogen-bond donors (Lipinski definition) is 1. The average Bonchev–Trinajstić information content (AvgIpc) is 2.92. The lowest BCUT2D eigenvalue weighted by Crippen LogP contribution is -2.51. The van der Waals surface area contributed by atoms with E-state index in [-0.39, 0.29) is 23.0 Å². The lowest BCUT2D eigenvalue weighted by atomic mass is 10.1. The number of benzene rings is 3. The molecule has 2 amide bonds. The summed E-state index contributed by atoms with van der Waals surface area (Å²) in [6.45, 7) is 3.42. The van der Waals surface area contributed by atoms with Crippen molar-refractivity contribution in [2.45, 2.75) is 37.8 Å². The Labute approximate surface area is 218 Å². The van der Waals surface area contributed by atoms with Gasteiger partial charge in [0.2, 0.25) is 11.8 Å². The van der Waals surface area contributed by atoms with Crippen molar-refractivity contribution >= 4 is 27.5 Å². The molecule has 0 aliphatic rings. The standard InChI is InChI=1S/C28H33N3O5S/c1-5-26(28(33)29-3)30(19-22-13-10-9-12-21(22)2)27(32)20-31(23-14-11-15-24(18-23)36-4)37(34,35)25-16-7-6-8-17-25/h6-18,26H,5,19-20H2,1-4H3,(H,29,33)/t26-/m0/s1. The maximum Gasteiger partial charge on any atom is 0.264 e. The van der Waals surface area contributed by atoms with Crippen LogP contribution in [0.25, 0.3) is 0 Å². The van der Waals surface area contributed by atoms with Crippen molar-refractivity contribution in [2.75, 3.05) is 25.0 Å². The van der Waals surface area contributed by atoms with Crippen molar-refractivity contribution in [3.05, 3.63) is 90.0 Å². The highest BCUT2D eigenvalue weighted by Crippen LogP contribution is 2.28. The van der Waals surface area contributed by atoms with Crippen LogP contribution in [0.1, 0.15) is 24.5 Å². The Morgan fingerprint density at radius 1 is 0.973 bits per heavy atom. The number of anilines is 1. The van der Waals surface area contributed by atoms with Crippen LogP contribution in [0.15, 0.2) is 83.8 Å². The molecule has 0 aliphatic carbocycles. The second kappa shape index (κ2) is 12.4. The average molecular weight is 524 g/mol. The molecule has 1 N–H and O–H groups in total. The molecule has 0 aromatic heterocycles. The summed E-state index contributed by atoms with van der Waals surface area (Å²) in [5.41, 5.74) is 2.12. The molecule has 9 heteroatoms. The van der Waals surface area contributed by atoms with Gasteiger partial charge in [-0.15, -0.1) is 0 Å². The molecule has 0 spiro atoms. The van der Waals surface area contributed by atoms with Crippen molar-refractivity contribution in [3.8, 4) is 5.75 Å². The zero-order chi connectivity index (χ0) is 27.0. The fraction of sp³-hybridized carbons (Fsp3) is 0.286. The second-order valence-electron chi connectivity index (χ2n) is 8.51. The van der Waals surface area contributed by atoms with E-state index in [9.17, 15) is 18.0 Å². The molecule has 3 aromatic carbocycles. The van der Waals surface area contributed by atoms with Crippen molar-refractivity contribution in [3.63, 3.8) is 0 Å². The number of rotatable bonds is 11. The predicted octanol–water partition coefficient (Wildman–Crippen LogP) is 3.75. The molecule has 0 unspecified atom stereocenters. The molecular formula is C28H33N3O5S. The number of carbonyl (C=O) groups excluding carboxylic acids is 2. The van der Waals surface area contributed by atoms with Gasteiger partial charge in [-0.3, -0.25) is 13.9 Å². The van der Waals surface area contributed by atoms with E-state index < -0.39 is 28.5 Å². The summed E-state index contributed by atoms with van der Waals surface area (Å²) in [5, 5.41) is 2.63. The van der Waals surface area contributed by atoms with Crippen LogP contribution in [-0.2, 0) is 26.2 Å². The highest BCUT2D eigenvalue weighted by Gasteiger charge is 2.33. The smallest absolute Gasteiger partial charge is 0.264 e. The Kier molecular flexibility index (Phi) is 9.30. The summed E-state index contributed by atoms with van der Waals surface area (Å²) < 4.78 is 33.9. The van der Waals surface area contributed by atoms with Gasteiger partial charge in [0, 0.05) is 19.7 Å². The molecule has 0 saturated carbocycles. The highest BCUT2D eigenvalue weighted by atomic mass is 32.2. The Hall–Kier alpha value is -3.85. The SMILES string of the molecule is CC[C@@H](C(=O)NC)N(Cc1ccccc1C)C(=O)CN(c1cccc(OC)c1)S(=O)(=O)c1ccccc1. The van der Waals surface area contributed by atoms with Crippen molar-refractivity contribution in [1.29, 1.82) is 0 Å². The van der Waals surface area contributed by atoms with E-state index in [0.717, 1.165) is 15.4 Å². The Morgan fingerprint density at radius 2 is 1.65 bits per heavy atom. The fourth-order valence-electron chi connectivity index (χ4n) is 4.07. The summed E-state index contributed by atoms with van der Waals surface area (Å²) >= 11 is 0. The van der Waals surface area contributed by atoms with Crippen LogP contribution in [0.2, 0.25) is 0 Å². The van der Waals surface area contributed by atoms with Crippen LogP contribution in [-0.4, -0.2) is 51.9 Å². The molecule has 0 heterocycles. The monoisotopic (exact) mass is 523 g/mol. The molecule has 37 heavy (non-hydrogen) atoms. The number of aryl methyl sites for hydroxylation is 1. The lowest BCUT2D eigenvalue weighted by molar-refractivity contribution is -0.140. The predicted molar refractivity (Wildman–Crippen MR) is 144 cm³/mol. The van der Waals surface area contributed by atoms with Gasteiger partial charge in [-0.2, -0.15) is 0 Å². The molecule has 3 aromatic rings. The molecular weight excluding hydrogens is 490 g/mol. The van der Waals surface area contributed by atoms with Crippen LogP contribution in [0.3, 0.4) is 0 Å². The molecule has 0 fully saturated rings. The van der Waals surface area contributed by atoms with E-state index in [2.05, 4.69) is 5.32 Å². The number of carbonyl (C=O) groups is 2. The van der Waals surface area contributed by atoms with E-state index in [0.29, 0.717) is 12.2 Å². The number of hydrogen-bond acceptors (Lipinski definition) is 5. The van der Waals surface area contributed by atoms with E-state index in [1.54, 1.807) is 42.5 Å². The number of likely N-dealkylation sites (N-methyl/N-ethyl adjacent to an activating group) is 1. The van der Waals surface area contributed by atoms with Crippen molar-refractivity contribution in [1.82, 2.24) is 10.2 Å². The number of ether oxygens (including phenoxy) is 1. The summed E-state index contributed by atoms with van der Waals surface area (Å²) in [6, 6.07) is 21.3. The van der Waals surface area contributed by atoms with E-state index in [1.165, 1.54) is 31.2 Å². The van der Waals surface area contributed by atoms with Gasteiger partial charge in [-0.1, -0.05) is 55.5 Å². The molecule has 0 saturated heterocycles. The Balaban J connectivity index is 2.08. The van der Waals surface area contributed by atoms with Gasteiger partial charge in [0.15, 0.2) is 0 Å². The minimum absolute atomic E-state index is 0.0504. The highest BCUT2D eigenvalue weighted by molar-refractivity contribution is 7.92. The maximum absolute atomic E-state index is 13.9. The third-order valence-corrected chi connectivity index (χ3v) is 7.97. The first-order valence-electron chi connectivity index (χ1n) is 12.0. The van der Waals surface area contributed by atoms with Crippen LogP contribution in [0.5, 0.6) is 5.75 Å². The number of nitrogens with zero attached hydrogens (tertiary/aromatic N) is 2. The zero-order valence-corrected chi connectivity index (χ0v) is 22.4. The maximum atomic E-state index is 13.9. The van der Waals surface area contributed by atoms with Gasteiger partial charge in [-0.05, 0) is 48.7 Å². The first kappa shape index (κ1) is 27.7. The van der Waals surface area contributed by atoms with Gasteiger partial charge in [0.25, 0.3) is 10.0 Å². The van der Waals surface area contributed by atoms with Crippen molar-refractivity contribution < 1.29 is 22.7 Å². The van der Waals surface area contributed by atoms with Gasteiger partial charge < -0.3 is 15.0 Å². The normalized spacial score (nSPS) is 11.9. The minimum Gasteiger partial charge on any atom is -0.497 e. The van der Waals surface area contributed by atoms with Crippen LogP contribution in [0.4, 0.5) is 5.69 Å². The summed E-state index contributed by atoms with van der Waals surface area (Å²) in [5.74, 6) is -0.365. The second-order valence-corrected chi connectivity index (χ2v) is 10.4. The largest absolute Gasteiger partial charge is 0.497 e. The summed E-state index contributed by atoms with van der Waals surface area (Å²) in [6.07, 6.45) is 0.363. The van der Waals surface area contributed by atoms with E-state index in [1.807, 2.05) is 38.1 Å². The quantitative estimate of drug-likeness (QED) is 0.413. The number of sulfonamides is 1. The molecule has 8 nitrogen and oxygen atoms in total. The van der Waals surface area contributed by atoms with Gasteiger partial charge in [0.05, 0.1) is 17.7 Å². The molecule has 3 rings (SSSR count). The first-order chi connectivity index (χ1) is 17.7. The van der Waals surface area contributed by atoms with Gasteiger partial charge >= 0.3 is 0 Å². The third kappa shape index (κ3) is 6.48. The van der Waals surface area contributed by atoms with Crippen LogP contribution < -0.4 is 14.4 Å². The Morgan fingerprint density at radius 3 is 2.27 bits per heavy atom. The topological polar surface area (TPSA) is 96.0 Å². The Bertz CT molecular complexity index is 1330. The molecule has 0 aliphatic heterocycles. The van der Waals surface area contributed by atoms with Crippen LogP contribution >= 0.6 is 0 Å². The van der Waals surface area contributed by atoms with Gasteiger partial charge in [-0.25, -0.2) is 8.42 Å². The lowest BCUT2D eigenvalue weighted by Gasteiger charge is -2.33. The van der Waals surface area contributed by atoms with Crippen LogP contribution in [0, 0.1) is 6.92 Å². The summed E-state index contributed by atoms with van der Waals surface area (Å²) in [4.78, 5) is 28.2. The number of methoxy groups -OCH3 is 1. The number of amides is 2. The third-order valence-electron chi connectivity index (χ3n) is 6.19. The van der Waals surface area contributed by atoms with Gasteiger partial charge in [0.1, 0.15) is 18.3 Å². The van der Waals surface area contributed by atoms with Crippen molar-refractivity contribution in [2.24, 2.45) is 0 Å². The van der Waals surface area contributed by atoms with E-state index in [4.69, 9.17) is 4.74 Å². The molecule has 196 valence electrons. The fourth-order valence-corrected chi connectivity index (χ4v) is 5.50. The number of nitrogens with one attached hydrogen (secondary N) is 1. The first-order valence-corrected chi connectivity index (χ1v) is 13.4. The van der Waals surface area contributed by atoms with E-state index >= 15 is 0 Å².